The minimum Gasteiger partial charge on any atom is -0.396 e. The first-order valence-electron chi connectivity index (χ1n) is 5.71. The van der Waals surface area contributed by atoms with Crippen LogP contribution >= 0.6 is 15.9 Å². The Bertz CT molecular complexity index is 547. The van der Waals surface area contributed by atoms with Gasteiger partial charge in [-0.1, -0.05) is 15.9 Å². The molecule has 0 bridgehead atoms. The van der Waals surface area contributed by atoms with Gasteiger partial charge in [0, 0.05) is 30.0 Å². The SMILES string of the molecule is O=C1CC(CO)CN1c1cc(C(F)(F)F)c(Br)cc1F. The largest absolute Gasteiger partial charge is 0.417 e. The van der Waals surface area contributed by atoms with Gasteiger partial charge >= 0.3 is 6.18 Å². The minimum absolute atomic E-state index is 0.00514. The summed E-state index contributed by atoms with van der Waals surface area (Å²) in [7, 11) is 0. The molecule has 110 valence electrons. The Morgan fingerprint density at radius 3 is 2.55 bits per heavy atom. The zero-order chi connectivity index (χ0) is 15.1. The van der Waals surface area contributed by atoms with E-state index in [4.69, 9.17) is 5.11 Å². The average molecular weight is 356 g/mol. The van der Waals surface area contributed by atoms with E-state index in [1.54, 1.807) is 0 Å². The standard InChI is InChI=1S/C12H10BrF4NO2/c13-8-3-9(14)10(2-7(8)12(15,16)17)18-4-6(5-19)1-11(18)20/h2-3,6,19H,1,4-5H2. The molecule has 1 aromatic rings. The highest BCUT2D eigenvalue weighted by Gasteiger charge is 2.37. The smallest absolute Gasteiger partial charge is 0.396 e. The number of carbonyl (C=O) groups is 1. The molecule has 1 N–H and O–H groups in total. The number of anilines is 1. The Morgan fingerprint density at radius 1 is 1.40 bits per heavy atom. The number of amides is 1. The summed E-state index contributed by atoms with van der Waals surface area (Å²) in [5, 5.41) is 8.99. The minimum atomic E-state index is -4.65. The molecule has 1 fully saturated rings. The molecule has 3 nitrogen and oxygen atoms in total. The third kappa shape index (κ3) is 2.80. The number of carbonyl (C=O) groups excluding carboxylic acids is 1. The van der Waals surface area contributed by atoms with Crippen molar-refractivity contribution in [3.63, 3.8) is 0 Å². The fourth-order valence-corrected chi connectivity index (χ4v) is 2.64. The lowest BCUT2D eigenvalue weighted by Gasteiger charge is -2.20. The van der Waals surface area contributed by atoms with Gasteiger partial charge < -0.3 is 10.0 Å². The second kappa shape index (κ2) is 5.33. The maximum Gasteiger partial charge on any atom is 0.417 e. The second-order valence-electron chi connectivity index (χ2n) is 4.54. The van der Waals surface area contributed by atoms with E-state index in [9.17, 15) is 22.4 Å². The van der Waals surface area contributed by atoms with Gasteiger partial charge in [0.15, 0.2) is 0 Å². The number of rotatable bonds is 2. The highest BCUT2D eigenvalue weighted by atomic mass is 79.9. The summed E-state index contributed by atoms with van der Waals surface area (Å²) >= 11 is 2.66. The summed E-state index contributed by atoms with van der Waals surface area (Å²) in [4.78, 5) is 12.6. The Hall–Kier alpha value is -1.15. The zero-order valence-electron chi connectivity index (χ0n) is 10.0. The summed E-state index contributed by atoms with van der Waals surface area (Å²) in [5.74, 6) is -1.81. The number of aliphatic hydroxyl groups is 1. The molecule has 0 saturated carbocycles. The molecule has 8 heteroatoms. The first-order chi connectivity index (χ1) is 9.24. The molecule has 0 aromatic heterocycles. The summed E-state index contributed by atoms with van der Waals surface area (Å²) in [6.45, 7) is -0.266. The Balaban J connectivity index is 2.45. The Labute approximate surface area is 120 Å². The van der Waals surface area contributed by atoms with E-state index in [2.05, 4.69) is 15.9 Å². The van der Waals surface area contributed by atoms with Crippen molar-refractivity contribution in [2.45, 2.75) is 12.6 Å². The van der Waals surface area contributed by atoms with Crippen LogP contribution in [-0.2, 0) is 11.0 Å². The van der Waals surface area contributed by atoms with Crippen LogP contribution in [-0.4, -0.2) is 24.2 Å². The number of hydrogen-bond donors (Lipinski definition) is 1. The highest BCUT2D eigenvalue weighted by molar-refractivity contribution is 9.10. The van der Waals surface area contributed by atoms with Crippen molar-refractivity contribution in [1.82, 2.24) is 0 Å². The van der Waals surface area contributed by atoms with Crippen LogP contribution in [0.1, 0.15) is 12.0 Å². The lowest BCUT2D eigenvalue weighted by atomic mass is 10.1. The van der Waals surface area contributed by atoms with Gasteiger partial charge in [0.2, 0.25) is 5.91 Å². The lowest BCUT2D eigenvalue weighted by molar-refractivity contribution is -0.138. The summed E-state index contributed by atoms with van der Waals surface area (Å²) in [6, 6.07) is 1.30. The molecule has 1 heterocycles. The Kier molecular flexibility index (Phi) is 4.06. The Morgan fingerprint density at radius 2 is 2.05 bits per heavy atom. The fourth-order valence-electron chi connectivity index (χ4n) is 2.10. The maximum atomic E-state index is 13.8. The number of nitrogens with zero attached hydrogens (tertiary/aromatic N) is 1. The molecule has 20 heavy (non-hydrogen) atoms. The van der Waals surface area contributed by atoms with Gasteiger partial charge in [0.1, 0.15) is 5.82 Å². The number of alkyl halides is 3. The third-order valence-corrected chi connectivity index (χ3v) is 3.75. The lowest BCUT2D eigenvalue weighted by Crippen LogP contribution is -2.26. The van der Waals surface area contributed by atoms with Crippen molar-refractivity contribution >= 4 is 27.5 Å². The summed E-state index contributed by atoms with van der Waals surface area (Å²) < 4.78 is 51.8. The van der Waals surface area contributed by atoms with Gasteiger partial charge in [0.05, 0.1) is 11.3 Å². The van der Waals surface area contributed by atoms with Crippen molar-refractivity contribution in [3.8, 4) is 0 Å². The van der Waals surface area contributed by atoms with Crippen molar-refractivity contribution < 1.29 is 27.5 Å². The van der Waals surface area contributed by atoms with Crippen LogP contribution in [0.5, 0.6) is 0 Å². The molecule has 1 saturated heterocycles. The predicted molar refractivity (Wildman–Crippen MR) is 66.6 cm³/mol. The molecule has 1 aliphatic rings. The third-order valence-electron chi connectivity index (χ3n) is 3.10. The molecule has 0 aliphatic carbocycles. The van der Waals surface area contributed by atoms with Crippen molar-refractivity contribution in [2.24, 2.45) is 5.92 Å². The van der Waals surface area contributed by atoms with Crippen LogP contribution < -0.4 is 4.90 Å². The van der Waals surface area contributed by atoms with Gasteiger partial charge in [-0.15, -0.1) is 0 Å². The highest BCUT2D eigenvalue weighted by Crippen LogP contribution is 2.39. The fraction of sp³-hybridized carbons (Fsp3) is 0.417. The predicted octanol–water partition coefficient (Wildman–Crippen LogP) is 2.95. The first kappa shape index (κ1) is 15.2. The molecule has 1 aliphatic heterocycles. The van der Waals surface area contributed by atoms with E-state index < -0.39 is 33.6 Å². The van der Waals surface area contributed by atoms with E-state index in [0.717, 1.165) is 4.90 Å². The maximum absolute atomic E-state index is 13.8. The van der Waals surface area contributed by atoms with Gasteiger partial charge in [-0.05, 0) is 12.1 Å². The monoisotopic (exact) mass is 355 g/mol. The molecular weight excluding hydrogens is 346 g/mol. The van der Waals surface area contributed by atoms with Gasteiger partial charge in [-0.3, -0.25) is 4.79 Å². The van der Waals surface area contributed by atoms with Crippen LogP contribution in [0.15, 0.2) is 16.6 Å². The van der Waals surface area contributed by atoms with E-state index in [1.165, 1.54) is 0 Å². The molecule has 1 atom stereocenters. The number of aliphatic hydroxyl groups excluding tert-OH is 1. The molecule has 1 aromatic carbocycles. The van der Waals surface area contributed by atoms with Crippen molar-refractivity contribution in [2.75, 3.05) is 18.1 Å². The van der Waals surface area contributed by atoms with Crippen LogP contribution in [0, 0.1) is 11.7 Å². The topological polar surface area (TPSA) is 40.5 Å². The van der Waals surface area contributed by atoms with Crippen molar-refractivity contribution in [3.05, 3.63) is 28.0 Å². The van der Waals surface area contributed by atoms with E-state index >= 15 is 0 Å². The molecule has 2 rings (SSSR count). The summed E-state index contributed by atoms with van der Waals surface area (Å²) in [6.07, 6.45) is -4.66. The number of halogens is 5. The zero-order valence-corrected chi connectivity index (χ0v) is 11.6. The van der Waals surface area contributed by atoms with Crippen molar-refractivity contribution in [1.29, 1.82) is 0 Å². The molecule has 1 unspecified atom stereocenters. The van der Waals surface area contributed by atoms with Crippen LogP contribution in [0.25, 0.3) is 0 Å². The number of benzene rings is 1. The molecule has 0 radical (unpaired) electrons. The van der Waals surface area contributed by atoms with Crippen LogP contribution in [0.3, 0.4) is 0 Å². The molecule has 0 spiro atoms. The van der Waals surface area contributed by atoms with Gasteiger partial charge in [-0.2, -0.15) is 13.2 Å². The van der Waals surface area contributed by atoms with E-state index in [0.29, 0.717) is 12.1 Å². The van der Waals surface area contributed by atoms with E-state index in [-0.39, 0.29) is 25.5 Å². The second-order valence-corrected chi connectivity index (χ2v) is 5.39. The van der Waals surface area contributed by atoms with Crippen LogP contribution in [0.4, 0.5) is 23.2 Å². The normalized spacial score (nSPS) is 19.8. The molecular formula is C12H10BrF4NO2. The van der Waals surface area contributed by atoms with Crippen LogP contribution in [0.2, 0.25) is 0 Å². The number of hydrogen-bond acceptors (Lipinski definition) is 2. The van der Waals surface area contributed by atoms with Gasteiger partial charge in [-0.25, -0.2) is 4.39 Å². The molecule has 1 amide bonds. The van der Waals surface area contributed by atoms with Gasteiger partial charge in [0.25, 0.3) is 0 Å². The quantitative estimate of drug-likeness (QED) is 0.828. The summed E-state index contributed by atoms with van der Waals surface area (Å²) in [5.41, 5.74) is -1.46. The first-order valence-corrected chi connectivity index (χ1v) is 6.50. The van der Waals surface area contributed by atoms with E-state index in [1.807, 2.05) is 0 Å². The average Bonchev–Trinajstić information content (AvgIpc) is 2.69.